The molecule has 4 nitrogen and oxygen atoms in total. The molecule has 0 aromatic heterocycles. The minimum Gasteiger partial charge on any atom is -0.381 e. The number of ether oxygens (including phenoxy) is 1. The van der Waals surface area contributed by atoms with E-state index in [-0.39, 0.29) is 11.8 Å². The third-order valence-electron chi connectivity index (χ3n) is 4.72. The molecule has 1 aromatic carbocycles. The van der Waals surface area contributed by atoms with Crippen LogP contribution in [0.1, 0.15) is 30.4 Å². The summed E-state index contributed by atoms with van der Waals surface area (Å²) in [6.07, 6.45) is 2.97. The molecule has 2 saturated heterocycles. The zero-order chi connectivity index (χ0) is 15.4. The number of hydrogen-bond acceptors (Lipinski definition) is 3. The third-order valence-corrected chi connectivity index (χ3v) is 4.72. The van der Waals surface area contributed by atoms with E-state index in [1.54, 1.807) is 0 Å². The van der Waals surface area contributed by atoms with Gasteiger partial charge in [0.25, 0.3) is 0 Å². The number of carbonyl (C=O) groups excluding carboxylic acids is 1. The van der Waals surface area contributed by atoms with E-state index in [9.17, 15) is 4.79 Å². The SMILES string of the molecule is Cc1cccc(CN2CCC(NC(=O)C3CCOC3)CC2)c1. The van der Waals surface area contributed by atoms with Gasteiger partial charge >= 0.3 is 0 Å². The first-order chi connectivity index (χ1) is 10.7. The summed E-state index contributed by atoms with van der Waals surface area (Å²) in [4.78, 5) is 14.6. The lowest BCUT2D eigenvalue weighted by Gasteiger charge is -2.32. The first-order valence-corrected chi connectivity index (χ1v) is 8.37. The van der Waals surface area contributed by atoms with Gasteiger partial charge in [0.05, 0.1) is 12.5 Å². The monoisotopic (exact) mass is 302 g/mol. The van der Waals surface area contributed by atoms with Crippen LogP contribution in [0.15, 0.2) is 24.3 Å². The molecule has 1 unspecified atom stereocenters. The molecule has 1 aromatic rings. The summed E-state index contributed by atoms with van der Waals surface area (Å²) >= 11 is 0. The highest BCUT2D eigenvalue weighted by atomic mass is 16.5. The van der Waals surface area contributed by atoms with Crippen molar-refractivity contribution >= 4 is 5.91 Å². The van der Waals surface area contributed by atoms with Gasteiger partial charge in [-0.2, -0.15) is 0 Å². The van der Waals surface area contributed by atoms with Crippen LogP contribution in [0.4, 0.5) is 0 Å². The lowest BCUT2D eigenvalue weighted by Crippen LogP contribution is -2.46. The van der Waals surface area contributed by atoms with Crippen LogP contribution >= 0.6 is 0 Å². The maximum absolute atomic E-state index is 12.1. The topological polar surface area (TPSA) is 41.6 Å². The molecule has 1 atom stereocenters. The number of nitrogens with one attached hydrogen (secondary N) is 1. The Morgan fingerprint density at radius 1 is 1.32 bits per heavy atom. The highest BCUT2D eigenvalue weighted by Crippen LogP contribution is 2.17. The summed E-state index contributed by atoms with van der Waals surface area (Å²) in [6.45, 7) is 6.59. The average Bonchev–Trinajstić information content (AvgIpc) is 3.04. The summed E-state index contributed by atoms with van der Waals surface area (Å²) in [5.74, 6) is 0.264. The fourth-order valence-electron chi connectivity index (χ4n) is 3.36. The number of rotatable bonds is 4. The van der Waals surface area contributed by atoms with Crippen LogP contribution in [0, 0.1) is 12.8 Å². The Hall–Kier alpha value is -1.39. The molecule has 120 valence electrons. The normalized spacial score (nSPS) is 23.6. The molecule has 1 N–H and O–H groups in total. The Morgan fingerprint density at radius 3 is 2.82 bits per heavy atom. The Kier molecular flexibility index (Phi) is 5.11. The maximum atomic E-state index is 12.1. The number of amides is 1. The Balaban J connectivity index is 1.43. The van der Waals surface area contributed by atoms with Gasteiger partial charge in [0, 0.05) is 32.3 Å². The second-order valence-corrected chi connectivity index (χ2v) is 6.61. The summed E-state index contributed by atoms with van der Waals surface area (Å²) in [6, 6.07) is 9.05. The lowest BCUT2D eigenvalue weighted by atomic mass is 10.0. The van der Waals surface area contributed by atoms with Crippen molar-refractivity contribution in [2.24, 2.45) is 5.92 Å². The standard InChI is InChI=1S/C18H26N2O2/c1-14-3-2-4-15(11-14)12-20-8-5-17(6-9-20)19-18(21)16-7-10-22-13-16/h2-4,11,16-17H,5-10,12-13H2,1H3,(H,19,21). The van der Waals surface area contributed by atoms with Gasteiger partial charge < -0.3 is 10.1 Å². The number of benzene rings is 1. The smallest absolute Gasteiger partial charge is 0.225 e. The van der Waals surface area contributed by atoms with Gasteiger partial charge in [0.15, 0.2) is 0 Å². The molecule has 0 spiro atoms. The summed E-state index contributed by atoms with van der Waals surface area (Å²) in [7, 11) is 0. The highest BCUT2D eigenvalue weighted by molar-refractivity contribution is 5.79. The number of piperidine rings is 1. The molecule has 22 heavy (non-hydrogen) atoms. The molecule has 0 saturated carbocycles. The molecule has 2 aliphatic rings. The first kappa shape index (κ1) is 15.5. The number of hydrogen-bond donors (Lipinski definition) is 1. The van der Waals surface area contributed by atoms with E-state index in [1.807, 2.05) is 0 Å². The zero-order valence-corrected chi connectivity index (χ0v) is 13.4. The molecule has 4 heteroatoms. The Bertz CT molecular complexity index is 504. The van der Waals surface area contributed by atoms with Crippen molar-refractivity contribution < 1.29 is 9.53 Å². The highest BCUT2D eigenvalue weighted by Gasteiger charge is 2.27. The molecular weight excluding hydrogens is 276 g/mol. The van der Waals surface area contributed by atoms with E-state index in [2.05, 4.69) is 41.4 Å². The van der Waals surface area contributed by atoms with Gasteiger partial charge in [-0.3, -0.25) is 9.69 Å². The summed E-state index contributed by atoms with van der Waals surface area (Å²) < 4.78 is 5.29. The van der Waals surface area contributed by atoms with Gasteiger partial charge in [-0.25, -0.2) is 0 Å². The van der Waals surface area contributed by atoms with E-state index >= 15 is 0 Å². The van der Waals surface area contributed by atoms with Crippen LogP contribution in [0.2, 0.25) is 0 Å². The fraction of sp³-hybridized carbons (Fsp3) is 0.611. The van der Waals surface area contributed by atoms with E-state index in [0.717, 1.165) is 45.5 Å². The molecule has 2 fully saturated rings. The van der Waals surface area contributed by atoms with Gasteiger partial charge in [-0.15, -0.1) is 0 Å². The maximum Gasteiger partial charge on any atom is 0.225 e. The molecule has 0 bridgehead atoms. The van der Waals surface area contributed by atoms with Crippen LogP contribution < -0.4 is 5.32 Å². The van der Waals surface area contributed by atoms with Crippen LogP contribution in [-0.4, -0.2) is 43.2 Å². The largest absolute Gasteiger partial charge is 0.381 e. The number of nitrogens with zero attached hydrogens (tertiary/aromatic N) is 1. The van der Waals surface area contributed by atoms with Crippen LogP contribution in [0.25, 0.3) is 0 Å². The Morgan fingerprint density at radius 2 is 2.14 bits per heavy atom. The fourth-order valence-corrected chi connectivity index (χ4v) is 3.36. The van der Waals surface area contributed by atoms with Crippen LogP contribution in [0.3, 0.4) is 0 Å². The van der Waals surface area contributed by atoms with Gasteiger partial charge in [-0.1, -0.05) is 29.8 Å². The second kappa shape index (κ2) is 7.25. The summed E-state index contributed by atoms with van der Waals surface area (Å²) in [5, 5.41) is 3.21. The summed E-state index contributed by atoms with van der Waals surface area (Å²) in [5.41, 5.74) is 2.70. The predicted molar refractivity (Wildman–Crippen MR) is 86.5 cm³/mol. The Labute approximate surface area is 132 Å². The van der Waals surface area contributed by atoms with E-state index in [0.29, 0.717) is 12.6 Å². The quantitative estimate of drug-likeness (QED) is 0.926. The number of likely N-dealkylation sites (tertiary alicyclic amines) is 1. The molecule has 0 radical (unpaired) electrons. The second-order valence-electron chi connectivity index (χ2n) is 6.61. The van der Waals surface area contributed by atoms with Gasteiger partial charge in [0.1, 0.15) is 0 Å². The van der Waals surface area contributed by atoms with E-state index in [1.165, 1.54) is 11.1 Å². The third kappa shape index (κ3) is 4.08. The van der Waals surface area contributed by atoms with Crippen LogP contribution in [-0.2, 0) is 16.1 Å². The van der Waals surface area contributed by atoms with Gasteiger partial charge in [0.2, 0.25) is 5.91 Å². The minimum absolute atomic E-state index is 0.0744. The number of carbonyl (C=O) groups is 1. The number of aryl methyl sites for hydroxylation is 1. The average molecular weight is 302 g/mol. The van der Waals surface area contributed by atoms with Gasteiger partial charge in [-0.05, 0) is 31.7 Å². The molecule has 0 aliphatic carbocycles. The molecule has 3 rings (SSSR count). The van der Waals surface area contributed by atoms with Crippen molar-refractivity contribution in [2.45, 2.75) is 38.8 Å². The zero-order valence-electron chi connectivity index (χ0n) is 13.4. The van der Waals surface area contributed by atoms with E-state index < -0.39 is 0 Å². The lowest BCUT2D eigenvalue weighted by molar-refractivity contribution is -0.126. The molecule has 2 aliphatic heterocycles. The van der Waals surface area contributed by atoms with Crippen LogP contribution in [0.5, 0.6) is 0 Å². The van der Waals surface area contributed by atoms with Crippen molar-refractivity contribution in [1.82, 2.24) is 10.2 Å². The van der Waals surface area contributed by atoms with Crippen molar-refractivity contribution in [3.05, 3.63) is 35.4 Å². The van der Waals surface area contributed by atoms with E-state index in [4.69, 9.17) is 4.74 Å². The first-order valence-electron chi connectivity index (χ1n) is 8.37. The minimum atomic E-state index is 0.0744. The molecular formula is C18H26N2O2. The molecule has 1 amide bonds. The predicted octanol–water partition coefficient (Wildman–Crippen LogP) is 2.11. The van der Waals surface area contributed by atoms with Crippen molar-refractivity contribution in [3.8, 4) is 0 Å². The van der Waals surface area contributed by atoms with Crippen molar-refractivity contribution in [1.29, 1.82) is 0 Å². The van der Waals surface area contributed by atoms with Crippen molar-refractivity contribution in [2.75, 3.05) is 26.3 Å². The van der Waals surface area contributed by atoms with Crippen molar-refractivity contribution in [3.63, 3.8) is 0 Å². The molecule has 2 heterocycles.